The maximum atomic E-state index is 11.4. The van der Waals surface area contributed by atoms with Crippen molar-refractivity contribution in [2.45, 2.75) is 51.0 Å². The van der Waals surface area contributed by atoms with Gasteiger partial charge in [-0.1, -0.05) is 26.2 Å². The van der Waals surface area contributed by atoms with Gasteiger partial charge in [-0.25, -0.2) is 0 Å². The molecular formula is C12H23NO2. The molecule has 1 N–H and O–H groups in total. The Bertz CT molecular complexity index is 218. The van der Waals surface area contributed by atoms with E-state index in [2.05, 4.69) is 12.2 Å². The minimum Gasteiger partial charge on any atom is -0.469 e. The molecule has 3 heteroatoms. The Morgan fingerprint density at radius 3 is 2.80 bits per heavy atom. The number of ether oxygens (including phenoxy) is 1. The summed E-state index contributed by atoms with van der Waals surface area (Å²) in [4.78, 5) is 11.4. The molecule has 3 nitrogen and oxygen atoms in total. The van der Waals surface area contributed by atoms with E-state index in [9.17, 15) is 4.79 Å². The zero-order chi connectivity index (χ0) is 11.3. The van der Waals surface area contributed by atoms with Crippen molar-refractivity contribution in [3.05, 3.63) is 0 Å². The van der Waals surface area contributed by atoms with Gasteiger partial charge in [-0.15, -0.1) is 0 Å². The van der Waals surface area contributed by atoms with Gasteiger partial charge in [0.25, 0.3) is 0 Å². The Morgan fingerprint density at radius 1 is 1.53 bits per heavy atom. The Hall–Kier alpha value is -0.570. The summed E-state index contributed by atoms with van der Waals surface area (Å²) >= 11 is 0. The molecule has 88 valence electrons. The van der Waals surface area contributed by atoms with Crippen molar-refractivity contribution in [1.29, 1.82) is 0 Å². The van der Waals surface area contributed by atoms with E-state index in [4.69, 9.17) is 4.74 Å². The van der Waals surface area contributed by atoms with Gasteiger partial charge >= 0.3 is 5.97 Å². The average molecular weight is 213 g/mol. The first-order valence-corrected chi connectivity index (χ1v) is 5.94. The first-order chi connectivity index (χ1) is 7.18. The predicted molar refractivity (Wildman–Crippen MR) is 60.7 cm³/mol. The topological polar surface area (TPSA) is 38.3 Å². The number of hydrogen-bond donors (Lipinski definition) is 1. The summed E-state index contributed by atoms with van der Waals surface area (Å²) in [6.07, 6.45) is 6.49. The molecule has 2 unspecified atom stereocenters. The molecule has 0 aromatic rings. The zero-order valence-electron chi connectivity index (χ0n) is 10.1. The van der Waals surface area contributed by atoms with Gasteiger partial charge in [-0.05, 0) is 25.8 Å². The Morgan fingerprint density at radius 2 is 2.27 bits per heavy atom. The second-order valence-corrected chi connectivity index (χ2v) is 4.51. The first kappa shape index (κ1) is 12.5. The first-order valence-electron chi connectivity index (χ1n) is 5.94. The number of methoxy groups -OCH3 is 1. The molecule has 0 aromatic heterocycles. The minimum atomic E-state index is -0.0929. The maximum Gasteiger partial charge on any atom is 0.307 e. The summed E-state index contributed by atoms with van der Waals surface area (Å²) in [5, 5.41) is 3.38. The molecule has 0 saturated heterocycles. The highest BCUT2D eigenvalue weighted by molar-refractivity contribution is 5.70. The number of carbonyl (C=O) groups is 1. The summed E-state index contributed by atoms with van der Waals surface area (Å²) in [7, 11) is 3.44. The summed E-state index contributed by atoms with van der Waals surface area (Å²) in [5.74, 6) is 0.514. The second-order valence-electron chi connectivity index (χ2n) is 4.51. The van der Waals surface area contributed by atoms with Gasteiger partial charge in [0.2, 0.25) is 0 Å². The molecule has 1 fully saturated rings. The van der Waals surface area contributed by atoms with Crippen molar-refractivity contribution in [3.63, 3.8) is 0 Å². The third-order valence-electron chi connectivity index (χ3n) is 3.89. The molecule has 1 rings (SSSR count). The van der Waals surface area contributed by atoms with Crippen molar-refractivity contribution in [1.82, 2.24) is 5.32 Å². The maximum absolute atomic E-state index is 11.4. The average Bonchev–Trinajstić information content (AvgIpc) is 2.29. The number of nitrogens with one attached hydrogen (secondary N) is 1. The van der Waals surface area contributed by atoms with Crippen molar-refractivity contribution in [2.75, 3.05) is 14.2 Å². The molecule has 1 aliphatic carbocycles. The number of rotatable bonds is 4. The summed E-state index contributed by atoms with van der Waals surface area (Å²) < 4.78 is 4.79. The van der Waals surface area contributed by atoms with Gasteiger partial charge in [0.1, 0.15) is 0 Å². The van der Waals surface area contributed by atoms with Crippen molar-refractivity contribution in [3.8, 4) is 0 Å². The molecule has 1 saturated carbocycles. The van der Waals surface area contributed by atoms with Crippen LogP contribution in [0.2, 0.25) is 0 Å². The standard InChI is InChI=1S/C12H23NO2/c1-4-10-7-5-6-8-12(10,13-2)9-11(14)15-3/h10,13H,4-9H2,1-3H3. The van der Waals surface area contributed by atoms with Gasteiger partial charge in [-0.2, -0.15) is 0 Å². The van der Waals surface area contributed by atoms with Crippen LogP contribution >= 0.6 is 0 Å². The summed E-state index contributed by atoms with van der Waals surface area (Å²) in [6.45, 7) is 2.21. The fourth-order valence-electron chi connectivity index (χ4n) is 2.89. The zero-order valence-corrected chi connectivity index (χ0v) is 10.1. The highest BCUT2D eigenvalue weighted by Crippen LogP contribution is 2.38. The van der Waals surface area contributed by atoms with Crippen LogP contribution in [0.25, 0.3) is 0 Å². The Balaban J connectivity index is 2.74. The number of carbonyl (C=O) groups excluding carboxylic acids is 1. The fraction of sp³-hybridized carbons (Fsp3) is 0.917. The van der Waals surface area contributed by atoms with E-state index in [1.807, 2.05) is 7.05 Å². The van der Waals surface area contributed by atoms with Crippen LogP contribution in [0, 0.1) is 5.92 Å². The van der Waals surface area contributed by atoms with E-state index in [1.54, 1.807) is 0 Å². The normalized spacial score (nSPS) is 31.3. The number of esters is 1. The summed E-state index contributed by atoms with van der Waals surface area (Å²) in [5.41, 5.74) is -0.0138. The largest absolute Gasteiger partial charge is 0.469 e. The lowest BCUT2D eigenvalue weighted by molar-refractivity contribution is -0.143. The Kier molecular flexibility index (Phi) is 4.58. The molecular weight excluding hydrogens is 190 g/mol. The molecule has 0 aromatic carbocycles. The molecule has 15 heavy (non-hydrogen) atoms. The third kappa shape index (κ3) is 2.71. The van der Waals surface area contributed by atoms with E-state index < -0.39 is 0 Å². The van der Waals surface area contributed by atoms with Crippen LogP contribution in [0.15, 0.2) is 0 Å². The van der Waals surface area contributed by atoms with Gasteiger partial charge in [-0.3, -0.25) is 4.79 Å². The van der Waals surface area contributed by atoms with E-state index in [-0.39, 0.29) is 11.5 Å². The highest BCUT2D eigenvalue weighted by atomic mass is 16.5. The van der Waals surface area contributed by atoms with Crippen LogP contribution < -0.4 is 5.32 Å². The van der Waals surface area contributed by atoms with Crippen LogP contribution in [0.1, 0.15) is 45.4 Å². The quantitative estimate of drug-likeness (QED) is 0.727. The SMILES string of the molecule is CCC1CCCCC1(CC(=O)OC)NC. The lowest BCUT2D eigenvalue weighted by Gasteiger charge is -2.43. The van der Waals surface area contributed by atoms with Gasteiger partial charge in [0.15, 0.2) is 0 Å². The number of hydrogen-bond acceptors (Lipinski definition) is 3. The smallest absolute Gasteiger partial charge is 0.307 e. The van der Waals surface area contributed by atoms with Crippen LogP contribution in [0.4, 0.5) is 0 Å². The molecule has 0 bridgehead atoms. The van der Waals surface area contributed by atoms with E-state index in [0.29, 0.717) is 12.3 Å². The highest BCUT2D eigenvalue weighted by Gasteiger charge is 2.40. The summed E-state index contributed by atoms with van der Waals surface area (Å²) in [6, 6.07) is 0. The van der Waals surface area contributed by atoms with E-state index in [0.717, 1.165) is 12.8 Å². The third-order valence-corrected chi connectivity index (χ3v) is 3.89. The van der Waals surface area contributed by atoms with E-state index in [1.165, 1.54) is 26.4 Å². The second kappa shape index (κ2) is 5.50. The van der Waals surface area contributed by atoms with Crippen molar-refractivity contribution >= 4 is 5.97 Å². The van der Waals surface area contributed by atoms with Crippen LogP contribution in [0.5, 0.6) is 0 Å². The van der Waals surface area contributed by atoms with Crippen molar-refractivity contribution < 1.29 is 9.53 Å². The van der Waals surface area contributed by atoms with Gasteiger partial charge in [0.05, 0.1) is 13.5 Å². The fourth-order valence-corrected chi connectivity index (χ4v) is 2.89. The molecule has 1 aliphatic rings. The monoisotopic (exact) mass is 213 g/mol. The molecule has 0 radical (unpaired) electrons. The lowest BCUT2D eigenvalue weighted by Crippen LogP contribution is -2.52. The van der Waals surface area contributed by atoms with Crippen LogP contribution in [-0.2, 0) is 9.53 Å². The van der Waals surface area contributed by atoms with Gasteiger partial charge in [0, 0.05) is 5.54 Å². The van der Waals surface area contributed by atoms with Crippen LogP contribution in [0.3, 0.4) is 0 Å². The van der Waals surface area contributed by atoms with E-state index >= 15 is 0 Å². The minimum absolute atomic E-state index is 0.0138. The Labute approximate surface area is 92.6 Å². The molecule has 0 aliphatic heterocycles. The molecule has 2 atom stereocenters. The molecule has 0 amide bonds. The molecule has 0 heterocycles. The lowest BCUT2D eigenvalue weighted by atomic mass is 9.70. The molecule has 0 spiro atoms. The van der Waals surface area contributed by atoms with Gasteiger partial charge < -0.3 is 10.1 Å². The predicted octanol–water partition coefficient (Wildman–Crippen LogP) is 2.11. The van der Waals surface area contributed by atoms with Crippen LogP contribution in [-0.4, -0.2) is 25.7 Å². The van der Waals surface area contributed by atoms with Crippen molar-refractivity contribution in [2.24, 2.45) is 5.92 Å².